The van der Waals surface area contributed by atoms with Crippen LogP contribution >= 0.6 is 23.5 Å². The van der Waals surface area contributed by atoms with Crippen LogP contribution in [0.2, 0.25) is 0 Å². The van der Waals surface area contributed by atoms with Crippen LogP contribution < -0.4 is 20.1 Å². The molecule has 0 bridgehead atoms. The van der Waals surface area contributed by atoms with Crippen molar-refractivity contribution in [2.45, 2.75) is 74.3 Å². The maximum Gasteiger partial charge on any atom is 0.220 e. The number of carbonyl (C=O) groups excluding carboxylic acids is 2. The fourth-order valence-corrected chi connectivity index (χ4v) is 8.51. The van der Waals surface area contributed by atoms with E-state index >= 15 is 0 Å². The van der Waals surface area contributed by atoms with Gasteiger partial charge in [-0.15, -0.1) is 20.4 Å². The predicted molar refractivity (Wildman–Crippen MR) is 260 cm³/mol. The Bertz CT molecular complexity index is 2550. The van der Waals surface area contributed by atoms with Gasteiger partial charge in [0.15, 0.2) is 10.3 Å². The molecule has 0 aliphatic heterocycles. The summed E-state index contributed by atoms with van der Waals surface area (Å²) in [5, 5.41) is 24.9. The normalized spacial score (nSPS) is 10.8. The van der Waals surface area contributed by atoms with E-state index < -0.39 is 0 Å². The van der Waals surface area contributed by atoms with E-state index in [1.165, 1.54) is 17.8 Å². The molecule has 5 aromatic carbocycles. The number of nitrogens with one attached hydrogen (secondary N) is 2. The Kier molecular flexibility index (Phi) is 20.8. The van der Waals surface area contributed by atoms with Crippen LogP contribution in [0.1, 0.15) is 53.2 Å². The number of para-hydroxylation sites is 2. The molecule has 2 amide bonds. The fraction of sp³-hybridized carbons (Fsp3) is 0.294. The van der Waals surface area contributed by atoms with E-state index in [0.29, 0.717) is 68.6 Å². The van der Waals surface area contributed by atoms with Gasteiger partial charge in [-0.1, -0.05) is 139 Å². The van der Waals surface area contributed by atoms with Gasteiger partial charge in [0.05, 0.1) is 20.3 Å². The Balaban J connectivity index is 0.000000222. The van der Waals surface area contributed by atoms with E-state index in [9.17, 15) is 14.0 Å². The van der Waals surface area contributed by atoms with Gasteiger partial charge < -0.3 is 34.0 Å². The third-order valence-electron chi connectivity index (χ3n) is 10.3. The second kappa shape index (κ2) is 27.9. The zero-order chi connectivity index (χ0) is 46.9. The SMILES string of the molecule is COCCCn1c(CCC(=O)NCc2ccccc2)nnc1SCCOc1ccccc1.COc1ccccc1CNC(=O)CCc1nnc(SCc2ccccc2F)n1Cc1ccccc1. The molecular formula is C51H57FN8O5S2. The van der Waals surface area contributed by atoms with Crippen molar-refractivity contribution in [3.63, 3.8) is 0 Å². The van der Waals surface area contributed by atoms with E-state index in [0.717, 1.165) is 63.7 Å². The molecule has 0 atom stereocenters. The molecule has 0 aliphatic carbocycles. The molecule has 2 N–H and O–H groups in total. The Morgan fingerprint density at radius 1 is 0.612 bits per heavy atom. The molecule has 0 radical (unpaired) electrons. The molecule has 0 fully saturated rings. The van der Waals surface area contributed by atoms with Crippen molar-refractivity contribution >= 4 is 35.3 Å². The minimum absolute atomic E-state index is 0.00533. The van der Waals surface area contributed by atoms with E-state index in [1.807, 2.05) is 126 Å². The lowest BCUT2D eigenvalue weighted by Crippen LogP contribution is -2.23. The van der Waals surface area contributed by atoms with Gasteiger partial charge >= 0.3 is 0 Å². The molecule has 0 saturated carbocycles. The first-order chi connectivity index (χ1) is 32.9. The molecule has 67 heavy (non-hydrogen) atoms. The van der Waals surface area contributed by atoms with Crippen molar-refractivity contribution in [1.82, 2.24) is 40.2 Å². The van der Waals surface area contributed by atoms with Gasteiger partial charge in [-0.25, -0.2) is 4.39 Å². The Morgan fingerprint density at radius 2 is 1.18 bits per heavy atom. The van der Waals surface area contributed by atoms with Crippen molar-refractivity contribution in [3.05, 3.63) is 179 Å². The van der Waals surface area contributed by atoms with Gasteiger partial charge in [-0.05, 0) is 47.4 Å². The lowest BCUT2D eigenvalue weighted by Gasteiger charge is -2.11. The van der Waals surface area contributed by atoms with Gasteiger partial charge in [0.2, 0.25) is 11.8 Å². The summed E-state index contributed by atoms with van der Waals surface area (Å²) in [6.45, 7) is 3.49. The average molecular weight is 945 g/mol. The Morgan fingerprint density at radius 3 is 1.84 bits per heavy atom. The summed E-state index contributed by atoms with van der Waals surface area (Å²) >= 11 is 3.05. The largest absolute Gasteiger partial charge is 0.496 e. The number of rotatable bonds is 25. The maximum absolute atomic E-state index is 14.1. The van der Waals surface area contributed by atoms with Crippen LogP contribution in [0.5, 0.6) is 11.5 Å². The second-order valence-electron chi connectivity index (χ2n) is 15.1. The van der Waals surface area contributed by atoms with Gasteiger partial charge in [0.25, 0.3) is 0 Å². The van der Waals surface area contributed by atoms with Crippen molar-refractivity contribution in [3.8, 4) is 11.5 Å². The third kappa shape index (κ3) is 16.7. The standard InChI is InChI=1S/C27H27FN4O2S.C24H30N4O3S/c1-34-24-14-8-6-11-21(24)17-29-26(33)16-15-25-30-31-27(32(25)18-20-9-3-2-4-10-20)35-19-22-12-5-7-13-23(22)28;1-30-16-8-15-28-22(13-14-23(29)25-19-20-9-4-2-5-10-20)26-27-24(28)32-18-17-31-21-11-6-3-7-12-21/h2-14H,15-19H2,1H3,(H,29,33);2-7,9-12H,8,13-19H2,1H3,(H,25,29). The van der Waals surface area contributed by atoms with E-state index in [-0.39, 0.29) is 24.1 Å². The molecule has 7 aromatic rings. The summed E-state index contributed by atoms with van der Waals surface area (Å²) < 4.78 is 34.5. The van der Waals surface area contributed by atoms with Crippen LogP contribution in [-0.4, -0.2) is 74.5 Å². The number of aryl methyl sites for hydroxylation is 2. The fourth-order valence-electron chi connectivity index (χ4n) is 6.77. The molecule has 7 rings (SSSR count). The first-order valence-corrected chi connectivity index (χ1v) is 24.1. The summed E-state index contributed by atoms with van der Waals surface area (Å²) in [7, 11) is 3.31. The number of thioether (sulfide) groups is 2. The number of aromatic nitrogens is 6. The molecule has 0 aliphatic rings. The molecule has 0 unspecified atom stereocenters. The quantitative estimate of drug-likeness (QED) is 0.0419. The van der Waals surface area contributed by atoms with Gasteiger partial charge in [-0.3, -0.25) is 9.59 Å². The van der Waals surface area contributed by atoms with E-state index in [1.54, 1.807) is 38.1 Å². The van der Waals surface area contributed by atoms with Crippen molar-refractivity contribution < 1.29 is 28.2 Å². The maximum atomic E-state index is 14.1. The zero-order valence-corrected chi connectivity index (χ0v) is 39.5. The number of amides is 2. The van der Waals surface area contributed by atoms with Crippen molar-refractivity contribution in [2.75, 3.05) is 33.2 Å². The number of carbonyl (C=O) groups is 2. The van der Waals surface area contributed by atoms with Crippen LogP contribution in [-0.2, 0) is 59.1 Å². The lowest BCUT2D eigenvalue weighted by atomic mass is 10.2. The highest BCUT2D eigenvalue weighted by Gasteiger charge is 2.17. The monoisotopic (exact) mass is 944 g/mol. The number of methoxy groups -OCH3 is 2. The van der Waals surface area contributed by atoms with Gasteiger partial charge in [0.1, 0.15) is 29.0 Å². The predicted octanol–water partition coefficient (Wildman–Crippen LogP) is 8.75. The Hall–Kier alpha value is -6.49. The van der Waals surface area contributed by atoms with Crippen LogP contribution in [0.3, 0.4) is 0 Å². The molecule has 0 saturated heterocycles. The number of ether oxygens (including phenoxy) is 3. The highest BCUT2D eigenvalue weighted by Crippen LogP contribution is 2.25. The van der Waals surface area contributed by atoms with Crippen LogP contribution in [0.15, 0.2) is 150 Å². The molecule has 2 aromatic heterocycles. The minimum atomic E-state index is -0.235. The van der Waals surface area contributed by atoms with Gasteiger partial charge in [-0.2, -0.15) is 0 Å². The summed E-state index contributed by atoms with van der Waals surface area (Å²) in [5.41, 5.74) is 3.72. The van der Waals surface area contributed by atoms with Crippen molar-refractivity contribution in [2.24, 2.45) is 0 Å². The molecule has 2 heterocycles. The van der Waals surface area contributed by atoms with E-state index in [2.05, 4.69) is 35.6 Å². The summed E-state index contributed by atoms with van der Waals surface area (Å²) in [4.78, 5) is 24.9. The van der Waals surface area contributed by atoms with Crippen LogP contribution in [0.25, 0.3) is 0 Å². The zero-order valence-electron chi connectivity index (χ0n) is 37.9. The molecule has 13 nitrogen and oxygen atoms in total. The smallest absolute Gasteiger partial charge is 0.220 e. The summed E-state index contributed by atoms with van der Waals surface area (Å²) in [6, 6.07) is 44.0. The van der Waals surface area contributed by atoms with E-state index in [4.69, 9.17) is 14.2 Å². The molecule has 16 heteroatoms. The number of hydrogen-bond acceptors (Lipinski definition) is 11. The number of nitrogens with zero attached hydrogens (tertiary/aromatic N) is 6. The first kappa shape index (κ1) is 49.9. The summed E-state index contributed by atoms with van der Waals surface area (Å²) in [6.07, 6.45) is 2.49. The van der Waals surface area contributed by atoms with Crippen LogP contribution in [0, 0.1) is 5.82 Å². The first-order valence-electron chi connectivity index (χ1n) is 22.1. The third-order valence-corrected chi connectivity index (χ3v) is 12.2. The second-order valence-corrected chi connectivity index (χ2v) is 17.1. The highest BCUT2D eigenvalue weighted by molar-refractivity contribution is 7.99. The van der Waals surface area contributed by atoms with Crippen LogP contribution in [0.4, 0.5) is 4.39 Å². The molecular weight excluding hydrogens is 888 g/mol. The number of hydrogen-bond donors (Lipinski definition) is 2. The number of halogens is 1. The average Bonchev–Trinajstić information content (AvgIpc) is 3.95. The molecule has 0 spiro atoms. The Labute approximate surface area is 400 Å². The number of benzene rings is 5. The summed E-state index contributed by atoms with van der Waals surface area (Å²) in [5.74, 6) is 4.04. The lowest BCUT2D eigenvalue weighted by molar-refractivity contribution is -0.122. The van der Waals surface area contributed by atoms with Crippen molar-refractivity contribution in [1.29, 1.82) is 0 Å². The van der Waals surface area contributed by atoms with Gasteiger partial charge in [0, 0.05) is 76.1 Å². The highest BCUT2D eigenvalue weighted by atomic mass is 32.2. The molecule has 350 valence electrons. The minimum Gasteiger partial charge on any atom is -0.496 e. The topological polar surface area (TPSA) is 147 Å².